The van der Waals surface area contributed by atoms with Gasteiger partial charge in [-0.15, -0.1) is 0 Å². The van der Waals surface area contributed by atoms with Gasteiger partial charge in [0.05, 0.1) is 23.4 Å². The van der Waals surface area contributed by atoms with Crippen molar-refractivity contribution < 1.29 is 41.4 Å². The second-order valence-corrected chi connectivity index (χ2v) is 11.0. The van der Waals surface area contributed by atoms with Gasteiger partial charge >= 0.3 is 6.18 Å². The second kappa shape index (κ2) is 13.8. The van der Waals surface area contributed by atoms with Gasteiger partial charge in [-0.2, -0.15) is 13.2 Å². The zero-order chi connectivity index (χ0) is 31.3. The second-order valence-electron chi connectivity index (χ2n) is 10.6. The highest BCUT2D eigenvalue weighted by Gasteiger charge is 2.29. The molecule has 0 aliphatic carbocycles. The van der Waals surface area contributed by atoms with Gasteiger partial charge in [-0.1, -0.05) is 17.7 Å². The standard InChI is InChI=1S/C28H31ClF5N5O4/c29-19-2-4-21(22(14-19)38-11-9-37(10-12-38)8-6-28(32,33)34)36-26(41)20-3-1-18(24(30)25(20)31)15-35-23(40)13-17-5-7-39(16-17)27(42)43/h1-4,14,17H,5-13,15-16H2,(H,35,40)(H,36,41)(H,42,43)/p-1. The molecule has 0 spiro atoms. The van der Waals surface area contributed by atoms with Crippen LogP contribution in [0, 0.1) is 17.6 Å². The van der Waals surface area contributed by atoms with Crippen molar-refractivity contribution in [2.24, 2.45) is 5.92 Å². The molecule has 0 radical (unpaired) electrons. The summed E-state index contributed by atoms with van der Waals surface area (Å²) in [4.78, 5) is 40.8. The number of carbonyl (C=O) groups excluding carboxylic acids is 3. The molecule has 2 aromatic rings. The Bertz CT molecular complexity index is 1350. The number of carboxylic acid groups (broad SMARTS) is 1. The van der Waals surface area contributed by atoms with Gasteiger partial charge in [0.25, 0.3) is 5.91 Å². The number of alkyl halides is 3. The lowest BCUT2D eigenvalue weighted by Gasteiger charge is -2.37. The first-order valence-corrected chi connectivity index (χ1v) is 14.0. The van der Waals surface area contributed by atoms with Crippen molar-refractivity contribution in [2.45, 2.75) is 32.0 Å². The number of benzene rings is 2. The SMILES string of the molecule is O=C(CC1CCN(C(=O)[O-])C1)NCc1ccc(C(=O)Nc2ccc(Cl)cc2N2CCN(CCC(F)(F)F)CC2)c(F)c1F. The summed E-state index contributed by atoms with van der Waals surface area (Å²) in [5, 5.41) is 16.3. The topological polar surface area (TPSA) is 108 Å². The smallest absolute Gasteiger partial charge is 0.390 e. The molecule has 15 heteroatoms. The van der Waals surface area contributed by atoms with Crippen LogP contribution in [0.4, 0.5) is 38.1 Å². The lowest BCUT2D eigenvalue weighted by Crippen LogP contribution is -2.47. The maximum Gasteiger partial charge on any atom is 0.390 e. The number of hydrogen-bond donors (Lipinski definition) is 2. The molecule has 3 amide bonds. The third-order valence-electron chi connectivity index (χ3n) is 7.53. The van der Waals surface area contributed by atoms with Gasteiger partial charge in [0.15, 0.2) is 11.6 Å². The van der Waals surface area contributed by atoms with Crippen molar-refractivity contribution in [1.82, 2.24) is 15.1 Å². The van der Waals surface area contributed by atoms with E-state index in [0.29, 0.717) is 43.3 Å². The first-order valence-electron chi connectivity index (χ1n) is 13.6. The average Bonchev–Trinajstić information content (AvgIpc) is 3.42. The summed E-state index contributed by atoms with van der Waals surface area (Å²) >= 11 is 6.16. The molecule has 2 N–H and O–H groups in total. The molecule has 2 heterocycles. The van der Waals surface area contributed by atoms with E-state index >= 15 is 0 Å². The van der Waals surface area contributed by atoms with Gasteiger partial charge in [0.2, 0.25) is 5.91 Å². The number of nitrogens with zero attached hydrogens (tertiary/aromatic N) is 3. The van der Waals surface area contributed by atoms with Crippen LogP contribution in [0.1, 0.15) is 35.2 Å². The van der Waals surface area contributed by atoms with Gasteiger partial charge < -0.3 is 30.3 Å². The first-order chi connectivity index (χ1) is 20.3. The van der Waals surface area contributed by atoms with Crippen molar-refractivity contribution >= 4 is 40.9 Å². The maximum atomic E-state index is 15.0. The summed E-state index contributed by atoms with van der Waals surface area (Å²) < 4.78 is 67.6. The predicted octanol–water partition coefficient (Wildman–Crippen LogP) is 3.62. The molecule has 234 valence electrons. The monoisotopic (exact) mass is 630 g/mol. The molecule has 2 aliphatic heterocycles. The quantitative estimate of drug-likeness (QED) is 0.410. The number of likely N-dealkylation sites (tertiary alicyclic amines) is 1. The van der Waals surface area contributed by atoms with Crippen LogP contribution in [0.5, 0.6) is 0 Å². The maximum absolute atomic E-state index is 15.0. The molecule has 1 atom stereocenters. The summed E-state index contributed by atoms with van der Waals surface area (Å²) in [6.45, 7) is 1.40. The Morgan fingerprint density at radius 1 is 1.00 bits per heavy atom. The van der Waals surface area contributed by atoms with Crippen LogP contribution in [-0.4, -0.2) is 79.7 Å². The number of amides is 3. The largest absolute Gasteiger partial charge is 0.530 e. The summed E-state index contributed by atoms with van der Waals surface area (Å²) in [6.07, 6.45) is -5.96. The number of rotatable bonds is 9. The molecular formula is C28H30ClF5N5O4-. The fourth-order valence-electron chi connectivity index (χ4n) is 5.15. The highest BCUT2D eigenvalue weighted by molar-refractivity contribution is 6.31. The fraction of sp³-hybridized carbons (Fsp3) is 0.464. The number of anilines is 2. The molecule has 2 aromatic carbocycles. The van der Waals surface area contributed by atoms with Gasteiger partial charge in [-0.05, 0) is 36.6 Å². The van der Waals surface area contributed by atoms with Crippen LogP contribution in [-0.2, 0) is 11.3 Å². The van der Waals surface area contributed by atoms with E-state index in [9.17, 15) is 41.4 Å². The molecule has 0 aromatic heterocycles. The van der Waals surface area contributed by atoms with E-state index in [4.69, 9.17) is 11.6 Å². The number of piperazine rings is 1. The van der Waals surface area contributed by atoms with Crippen LogP contribution < -0.4 is 20.6 Å². The average molecular weight is 631 g/mol. The summed E-state index contributed by atoms with van der Waals surface area (Å²) in [7, 11) is 0. The van der Waals surface area contributed by atoms with Crippen LogP contribution in [0.15, 0.2) is 30.3 Å². The zero-order valence-corrected chi connectivity index (χ0v) is 23.7. The molecule has 1 unspecified atom stereocenters. The minimum absolute atomic E-state index is 0.0143. The molecule has 0 bridgehead atoms. The first kappa shape index (κ1) is 32.3. The molecule has 2 fully saturated rings. The van der Waals surface area contributed by atoms with Crippen molar-refractivity contribution in [3.8, 4) is 0 Å². The highest BCUT2D eigenvalue weighted by Crippen LogP contribution is 2.31. The third-order valence-corrected chi connectivity index (χ3v) is 7.77. The Balaban J connectivity index is 1.36. The number of hydrogen-bond acceptors (Lipinski definition) is 6. The number of nitrogens with one attached hydrogen (secondary N) is 2. The van der Waals surface area contributed by atoms with Crippen molar-refractivity contribution in [2.75, 3.05) is 56.0 Å². The van der Waals surface area contributed by atoms with Crippen LogP contribution in [0.2, 0.25) is 5.02 Å². The molecule has 0 saturated carbocycles. The van der Waals surface area contributed by atoms with E-state index in [1.807, 2.05) is 4.90 Å². The van der Waals surface area contributed by atoms with Crippen molar-refractivity contribution in [3.63, 3.8) is 0 Å². The fourth-order valence-corrected chi connectivity index (χ4v) is 5.32. The van der Waals surface area contributed by atoms with Crippen molar-refractivity contribution in [3.05, 3.63) is 58.1 Å². The van der Waals surface area contributed by atoms with E-state index < -0.39 is 47.7 Å². The Hall–Kier alpha value is -3.65. The molecule has 2 saturated heterocycles. The lowest BCUT2D eigenvalue weighted by molar-refractivity contribution is -0.264. The van der Waals surface area contributed by atoms with Gasteiger partial charge in [-0.3, -0.25) is 14.5 Å². The summed E-state index contributed by atoms with van der Waals surface area (Å²) in [6, 6.07) is 6.86. The molecular weight excluding hydrogens is 601 g/mol. The van der Waals surface area contributed by atoms with E-state index in [1.54, 1.807) is 11.0 Å². The Labute approximate surface area is 249 Å². The number of halogens is 6. The zero-order valence-electron chi connectivity index (χ0n) is 23.0. The van der Waals surface area contributed by atoms with E-state index in [2.05, 4.69) is 10.6 Å². The van der Waals surface area contributed by atoms with Crippen LogP contribution >= 0.6 is 11.6 Å². The molecule has 2 aliphatic rings. The minimum Gasteiger partial charge on any atom is -0.530 e. The molecule has 4 rings (SSSR count). The van der Waals surface area contributed by atoms with E-state index in [1.165, 1.54) is 18.2 Å². The van der Waals surface area contributed by atoms with Gasteiger partial charge in [0.1, 0.15) is 6.09 Å². The summed E-state index contributed by atoms with van der Waals surface area (Å²) in [5.74, 6) is -4.30. The predicted molar refractivity (Wildman–Crippen MR) is 147 cm³/mol. The van der Waals surface area contributed by atoms with E-state index in [-0.39, 0.29) is 49.8 Å². The molecule has 9 nitrogen and oxygen atoms in total. The Morgan fingerprint density at radius 2 is 1.72 bits per heavy atom. The Morgan fingerprint density at radius 3 is 2.37 bits per heavy atom. The summed E-state index contributed by atoms with van der Waals surface area (Å²) in [5.41, 5.74) is -0.000448. The van der Waals surface area contributed by atoms with Gasteiger partial charge in [-0.25, -0.2) is 8.78 Å². The van der Waals surface area contributed by atoms with Crippen molar-refractivity contribution in [1.29, 1.82) is 0 Å². The molecule has 43 heavy (non-hydrogen) atoms. The normalized spacial score (nSPS) is 17.7. The van der Waals surface area contributed by atoms with E-state index in [0.717, 1.165) is 11.0 Å². The van der Waals surface area contributed by atoms with Crippen LogP contribution in [0.3, 0.4) is 0 Å². The highest BCUT2D eigenvalue weighted by atomic mass is 35.5. The van der Waals surface area contributed by atoms with Crippen LogP contribution in [0.25, 0.3) is 0 Å². The van der Waals surface area contributed by atoms with Gasteiger partial charge in [0, 0.05) is 69.4 Å². The Kier molecular flexibility index (Phi) is 10.3. The third kappa shape index (κ3) is 8.69. The number of carbonyl (C=O) groups is 3. The minimum atomic E-state index is -4.25. The lowest BCUT2D eigenvalue weighted by atomic mass is 10.0.